The van der Waals surface area contributed by atoms with Gasteiger partial charge in [0.05, 0.1) is 13.2 Å². The van der Waals surface area contributed by atoms with E-state index >= 15 is 0 Å². The van der Waals surface area contributed by atoms with Crippen LogP contribution in [0, 0.1) is 0 Å². The summed E-state index contributed by atoms with van der Waals surface area (Å²) >= 11 is 0. The minimum Gasteiger partial charge on any atom is -0.383 e. The Kier molecular flexibility index (Phi) is 3.83. The van der Waals surface area contributed by atoms with Gasteiger partial charge in [0.15, 0.2) is 0 Å². The summed E-state index contributed by atoms with van der Waals surface area (Å²) in [5.41, 5.74) is 0. The molecular weight excluding hydrogens is 142 g/mol. The fourth-order valence-electron chi connectivity index (χ4n) is 1.57. The van der Waals surface area contributed by atoms with Gasteiger partial charge in [-0.15, -0.1) is 0 Å². The molecule has 1 aliphatic heterocycles. The first-order valence-corrected chi connectivity index (χ1v) is 4.10. The molecule has 0 aliphatic carbocycles. The van der Waals surface area contributed by atoms with Crippen molar-refractivity contribution in [3.8, 4) is 0 Å². The first kappa shape index (κ1) is 8.97. The summed E-state index contributed by atoms with van der Waals surface area (Å²) in [7, 11) is 3.48. The zero-order valence-electron chi connectivity index (χ0n) is 7.30. The molecule has 3 nitrogen and oxygen atoms in total. The molecule has 66 valence electrons. The van der Waals surface area contributed by atoms with E-state index in [1.165, 1.54) is 12.8 Å². The number of hydrogen-bond acceptors (Lipinski definition) is 3. The Morgan fingerprint density at radius 1 is 1.09 bits per heavy atom. The van der Waals surface area contributed by atoms with E-state index in [1.54, 1.807) is 14.2 Å². The molecule has 3 heteroatoms. The quantitative estimate of drug-likeness (QED) is 0.644. The standard InChI is InChI=1S/C8H17NO2/c1-10-5-7-3-4-8(9-7)6-11-2/h7-9H,3-6H2,1-2H3/t7-,8?/m1/s1. The zero-order chi connectivity index (χ0) is 8.10. The van der Waals surface area contributed by atoms with Gasteiger partial charge in [0, 0.05) is 26.3 Å². The van der Waals surface area contributed by atoms with E-state index in [9.17, 15) is 0 Å². The number of hydrogen-bond donors (Lipinski definition) is 1. The zero-order valence-corrected chi connectivity index (χ0v) is 7.30. The molecule has 1 aliphatic rings. The highest BCUT2D eigenvalue weighted by atomic mass is 16.5. The normalized spacial score (nSPS) is 31.1. The topological polar surface area (TPSA) is 30.5 Å². The molecule has 0 spiro atoms. The van der Waals surface area contributed by atoms with E-state index in [4.69, 9.17) is 9.47 Å². The second-order valence-electron chi connectivity index (χ2n) is 3.05. The van der Waals surface area contributed by atoms with Crippen molar-refractivity contribution in [3.05, 3.63) is 0 Å². The van der Waals surface area contributed by atoms with Crippen LogP contribution < -0.4 is 5.32 Å². The molecule has 0 aromatic rings. The molecule has 2 atom stereocenters. The number of ether oxygens (including phenoxy) is 2. The first-order chi connectivity index (χ1) is 5.36. The summed E-state index contributed by atoms with van der Waals surface area (Å²) in [6.45, 7) is 1.64. The lowest BCUT2D eigenvalue weighted by Crippen LogP contribution is -2.34. The Bertz CT molecular complexity index is 96.3. The highest BCUT2D eigenvalue weighted by molar-refractivity contribution is 4.82. The van der Waals surface area contributed by atoms with Crippen LogP contribution in [0.3, 0.4) is 0 Å². The van der Waals surface area contributed by atoms with E-state index < -0.39 is 0 Å². The molecule has 1 unspecified atom stereocenters. The van der Waals surface area contributed by atoms with Gasteiger partial charge in [0.25, 0.3) is 0 Å². The predicted octanol–water partition coefficient (Wildman–Crippen LogP) is 0.400. The van der Waals surface area contributed by atoms with Crippen LogP contribution in [0.25, 0.3) is 0 Å². The Morgan fingerprint density at radius 2 is 1.55 bits per heavy atom. The van der Waals surface area contributed by atoms with Crippen LogP contribution in [0.2, 0.25) is 0 Å². The smallest absolute Gasteiger partial charge is 0.0615 e. The average molecular weight is 159 g/mol. The molecular formula is C8H17NO2. The molecule has 0 radical (unpaired) electrons. The molecule has 11 heavy (non-hydrogen) atoms. The van der Waals surface area contributed by atoms with Crippen molar-refractivity contribution in [1.29, 1.82) is 0 Å². The fraction of sp³-hybridized carbons (Fsp3) is 1.00. The molecule has 1 fully saturated rings. The van der Waals surface area contributed by atoms with E-state index in [1.807, 2.05) is 0 Å². The fourth-order valence-corrected chi connectivity index (χ4v) is 1.57. The second kappa shape index (κ2) is 4.70. The van der Waals surface area contributed by atoms with E-state index in [0.29, 0.717) is 12.1 Å². The predicted molar refractivity (Wildman–Crippen MR) is 43.7 cm³/mol. The Morgan fingerprint density at radius 3 is 1.91 bits per heavy atom. The summed E-state index contributed by atoms with van der Waals surface area (Å²) in [5, 5.41) is 3.44. The highest BCUT2D eigenvalue weighted by Gasteiger charge is 2.22. The Hall–Kier alpha value is -0.120. The van der Waals surface area contributed by atoms with Crippen molar-refractivity contribution < 1.29 is 9.47 Å². The van der Waals surface area contributed by atoms with Gasteiger partial charge in [-0.3, -0.25) is 0 Å². The number of nitrogens with one attached hydrogen (secondary N) is 1. The molecule has 1 N–H and O–H groups in total. The lowest BCUT2D eigenvalue weighted by Gasteiger charge is -2.12. The van der Waals surface area contributed by atoms with Gasteiger partial charge in [-0.05, 0) is 12.8 Å². The molecule has 0 amide bonds. The third kappa shape index (κ3) is 2.77. The van der Waals surface area contributed by atoms with Crippen LogP contribution in [0.15, 0.2) is 0 Å². The third-order valence-corrected chi connectivity index (χ3v) is 2.07. The lowest BCUT2D eigenvalue weighted by atomic mass is 10.2. The minimum atomic E-state index is 0.542. The Balaban J connectivity index is 2.12. The van der Waals surface area contributed by atoms with Crippen LogP contribution in [-0.4, -0.2) is 39.5 Å². The minimum absolute atomic E-state index is 0.542. The van der Waals surface area contributed by atoms with Crippen molar-refractivity contribution in [1.82, 2.24) is 5.32 Å². The highest BCUT2D eigenvalue weighted by Crippen LogP contribution is 2.12. The molecule has 1 heterocycles. The summed E-state index contributed by atoms with van der Waals surface area (Å²) < 4.78 is 10.1. The van der Waals surface area contributed by atoms with Gasteiger partial charge in [-0.1, -0.05) is 0 Å². The van der Waals surface area contributed by atoms with Crippen LogP contribution >= 0.6 is 0 Å². The molecule has 0 saturated carbocycles. The van der Waals surface area contributed by atoms with Crippen molar-refractivity contribution in [3.63, 3.8) is 0 Å². The molecule has 0 aromatic carbocycles. The van der Waals surface area contributed by atoms with Gasteiger partial charge >= 0.3 is 0 Å². The SMILES string of the molecule is COCC1CC[C@H](COC)N1. The van der Waals surface area contributed by atoms with Crippen molar-refractivity contribution in [2.45, 2.75) is 24.9 Å². The number of methoxy groups -OCH3 is 2. The third-order valence-electron chi connectivity index (χ3n) is 2.07. The van der Waals surface area contributed by atoms with E-state index in [0.717, 1.165) is 13.2 Å². The lowest BCUT2D eigenvalue weighted by molar-refractivity contribution is 0.153. The van der Waals surface area contributed by atoms with Crippen molar-refractivity contribution in [2.75, 3.05) is 27.4 Å². The summed E-state index contributed by atoms with van der Waals surface area (Å²) in [5.74, 6) is 0. The maximum absolute atomic E-state index is 5.05. The van der Waals surface area contributed by atoms with Crippen LogP contribution in [0.4, 0.5) is 0 Å². The van der Waals surface area contributed by atoms with E-state index in [-0.39, 0.29) is 0 Å². The molecule has 0 aromatic heterocycles. The molecule has 1 saturated heterocycles. The van der Waals surface area contributed by atoms with Gasteiger partial charge in [-0.25, -0.2) is 0 Å². The monoisotopic (exact) mass is 159 g/mol. The first-order valence-electron chi connectivity index (χ1n) is 4.10. The largest absolute Gasteiger partial charge is 0.383 e. The summed E-state index contributed by atoms with van der Waals surface area (Å²) in [6.07, 6.45) is 2.42. The Labute approximate surface area is 68.1 Å². The maximum Gasteiger partial charge on any atom is 0.0615 e. The van der Waals surface area contributed by atoms with Crippen molar-refractivity contribution >= 4 is 0 Å². The van der Waals surface area contributed by atoms with E-state index in [2.05, 4.69) is 5.32 Å². The average Bonchev–Trinajstić information content (AvgIpc) is 2.38. The van der Waals surface area contributed by atoms with Gasteiger partial charge < -0.3 is 14.8 Å². The number of rotatable bonds is 4. The van der Waals surface area contributed by atoms with Crippen LogP contribution in [0.5, 0.6) is 0 Å². The van der Waals surface area contributed by atoms with Gasteiger partial charge in [0.2, 0.25) is 0 Å². The maximum atomic E-state index is 5.05. The van der Waals surface area contributed by atoms with Crippen LogP contribution in [-0.2, 0) is 9.47 Å². The molecule has 1 rings (SSSR count). The summed E-state index contributed by atoms with van der Waals surface area (Å²) in [4.78, 5) is 0. The van der Waals surface area contributed by atoms with Crippen molar-refractivity contribution in [2.24, 2.45) is 0 Å². The van der Waals surface area contributed by atoms with Crippen LogP contribution in [0.1, 0.15) is 12.8 Å². The molecule has 0 bridgehead atoms. The second-order valence-corrected chi connectivity index (χ2v) is 3.05. The van der Waals surface area contributed by atoms with Gasteiger partial charge in [-0.2, -0.15) is 0 Å². The van der Waals surface area contributed by atoms with Gasteiger partial charge in [0.1, 0.15) is 0 Å². The summed E-state index contributed by atoms with van der Waals surface area (Å²) in [6, 6.07) is 1.08.